The van der Waals surface area contributed by atoms with Gasteiger partial charge in [-0.15, -0.1) is 0 Å². The van der Waals surface area contributed by atoms with Crippen molar-refractivity contribution in [2.24, 2.45) is 5.92 Å². The molecule has 8 heteroatoms. The molecule has 0 spiro atoms. The van der Waals surface area contributed by atoms with E-state index in [2.05, 4.69) is 6.92 Å². The first-order valence-corrected chi connectivity index (χ1v) is 9.45. The van der Waals surface area contributed by atoms with E-state index >= 15 is 0 Å². The first kappa shape index (κ1) is 28.3. The van der Waals surface area contributed by atoms with Gasteiger partial charge in [0, 0.05) is 18.8 Å². The maximum absolute atomic E-state index is 13.1. The molecule has 0 heterocycles. The number of halogens is 5. The predicted octanol–water partition coefficient (Wildman–Crippen LogP) is 4.53. The Hall–Kier alpha value is 0.266. The summed E-state index contributed by atoms with van der Waals surface area (Å²) in [6, 6.07) is 4.27. The molecule has 0 saturated heterocycles. The van der Waals surface area contributed by atoms with E-state index in [9.17, 15) is 22.0 Å². The molecule has 0 bridgehead atoms. The normalized spacial score (nSPS) is 19.2. The fourth-order valence-corrected chi connectivity index (χ4v) is 2.97. The molecule has 0 radical (unpaired) electrons. The summed E-state index contributed by atoms with van der Waals surface area (Å²) in [5.74, 6) is -2.66. The van der Waals surface area contributed by atoms with E-state index in [1.165, 1.54) is 31.4 Å². The van der Waals surface area contributed by atoms with Gasteiger partial charge in [-0.1, -0.05) is 32.6 Å². The van der Waals surface area contributed by atoms with Crippen molar-refractivity contribution in [3.8, 4) is 5.75 Å². The van der Waals surface area contributed by atoms with Gasteiger partial charge in [0.15, 0.2) is 0 Å². The molecule has 1 aliphatic carbocycles. The van der Waals surface area contributed by atoms with Crippen molar-refractivity contribution in [1.29, 1.82) is 0 Å². The van der Waals surface area contributed by atoms with Crippen LogP contribution >= 0.6 is 0 Å². The maximum atomic E-state index is 13.1. The monoisotopic (exact) mass is 433 g/mol. The second-order valence-electron chi connectivity index (χ2n) is 7.01. The van der Waals surface area contributed by atoms with Gasteiger partial charge < -0.3 is 10.5 Å². The summed E-state index contributed by atoms with van der Waals surface area (Å²) in [4.78, 5) is 0. The summed E-state index contributed by atoms with van der Waals surface area (Å²) in [6.07, 6.45) is 0.0759. The second kappa shape index (κ2) is 13.5. The van der Waals surface area contributed by atoms with Gasteiger partial charge in [0.2, 0.25) is 5.92 Å². The minimum absolute atomic E-state index is 0. The van der Waals surface area contributed by atoms with Crippen LogP contribution in [0.4, 0.5) is 22.0 Å². The Morgan fingerprint density at radius 1 is 1.14 bits per heavy atom. The van der Waals surface area contributed by atoms with Gasteiger partial charge in [0.1, 0.15) is 5.75 Å². The average Bonchev–Trinajstić information content (AvgIpc) is 2.96. The SMILES string of the molecule is CC(Oc1ccc(C(F)(F)F)cc1)[C@@H]1CCC(F)(F)C1.CCCCCC[NH-].[K+]. The summed E-state index contributed by atoms with van der Waals surface area (Å²) >= 11 is 0. The van der Waals surface area contributed by atoms with Crippen LogP contribution in [0.15, 0.2) is 24.3 Å². The Bertz CT molecular complexity index is 532. The molecule has 1 fully saturated rings. The number of ether oxygens (including phenoxy) is 1. The van der Waals surface area contributed by atoms with Crippen molar-refractivity contribution in [3.63, 3.8) is 0 Å². The van der Waals surface area contributed by atoms with Crippen LogP contribution in [-0.4, -0.2) is 18.6 Å². The van der Waals surface area contributed by atoms with Crippen LogP contribution in [0.5, 0.6) is 5.75 Å². The number of benzene rings is 1. The second-order valence-corrected chi connectivity index (χ2v) is 7.01. The molecule has 0 aromatic heterocycles. The number of alkyl halides is 5. The molecule has 2 atom stereocenters. The molecule has 0 amide bonds. The van der Waals surface area contributed by atoms with Crippen molar-refractivity contribution in [2.45, 2.75) is 77.0 Å². The zero-order chi connectivity index (χ0) is 20.5. The van der Waals surface area contributed by atoms with E-state index in [0.717, 1.165) is 18.6 Å². The Morgan fingerprint density at radius 2 is 1.75 bits per heavy atom. The predicted molar refractivity (Wildman–Crippen MR) is 97.2 cm³/mol. The fraction of sp³-hybridized carbons (Fsp3) is 0.700. The first-order chi connectivity index (χ1) is 12.6. The van der Waals surface area contributed by atoms with Gasteiger partial charge >= 0.3 is 57.6 Å². The molecule has 2 rings (SSSR count). The van der Waals surface area contributed by atoms with Crippen molar-refractivity contribution < 1.29 is 78.1 Å². The maximum Gasteiger partial charge on any atom is 1.00 e. The molecule has 1 aromatic rings. The summed E-state index contributed by atoms with van der Waals surface area (Å²) < 4.78 is 68.8. The largest absolute Gasteiger partial charge is 1.00 e. The van der Waals surface area contributed by atoms with Gasteiger partial charge in [0.25, 0.3) is 0 Å². The Kier molecular flexibility index (Phi) is 13.7. The topological polar surface area (TPSA) is 33.0 Å². The molecule has 2 nitrogen and oxygen atoms in total. The van der Waals surface area contributed by atoms with Crippen molar-refractivity contribution in [1.82, 2.24) is 0 Å². The van der Waals surface area contributed by atoms with Gasteiger partial charge in [-0.05, 0) is 37.6 Å². The minimum Gasteiger partial charge on any atom is -0.677 e. The summed E-state index contributed by atoms with van der Waals surface area (Å²) in [5, 5.41) is 0. The molecule has 156 valence electrons. The minimum atomic E-state index is -4.39. The van der Waals surface area contributed by atoms with Crippen LogP contribution in [0, 0.1) is 5.92 Å². The van der Waals surface area contributed by atoms with Crippen LogP contribution in [0.25, 0.3) is 5.73 Å². The molecule has 28 heavy (non-hydrogen) atoms. The standard InChI is InChI=1S/C14H15F5O.C6H14N.K/c1-9(10-6-7-13(15,16)8-10)20-12-4-2-11(3-5-12)14(17,18)19;1-2-3-4-5-6-7;/h2-5,9-10H,6-8H2,1H3;7H,2-6H2,1H3;/q;-1;+1/t9?,10-;;/m1../s1. The molecule has 1 unspecified atom stereocenters. The van der Waals surface area contributed by atoms with Crippen LogP contribution in [-0.2, 0) is 6.18 Å². The first-order valence-electron chi connectivity index (χ1n) is 9.45. The quantitative estimate of drug-likeness (QED) is 0.353. The number of nitrogens with one attached hydrogen (secondary N) is 1. The Labute approximate surface area is 207 Å². The van der Waals surface area contributed by atoms with Crippen molar-refractivity contribution in [3.05, 3.63) is 35.6 Å². The molecular weight excluding hydrogens is 404 g/mol. The summed E-state index contributed by atoms with van der Waals surface area (Å²) in [5.41, 5.74) is 6.02. The Balaban J connectivity index is 0.000000786. The number of hydrogen-bond donors (Lipinski definition) is 0. The van der Waals surface area contributed by atoms with Crippen LogP contribution in [0.1, 0.15) is 64.4 Å². The van der Waals surface area contributed by atoms with Gasteiger partial charge in [0.05, 0.1) is 11.7 Å². The zero-order valence-corrected chi connectivity index (χ0v) is 20.0. The third-order valence-corrected chi connectivity index (χ3v) is 4.64. The van der Waals surface area contributed by atoms with E-state index in [0.29, 0.717) is 13.0 Å². The summed E-state index contributed by atoms with van der Waals surface area (Å²) in [7, 11) is 0. The van der Waals surface area contributed by atoms with Gasteiger partial charge in [-0.25, -0.2) is 8.78 Å². The number of unbranched alkanes of at least 4 members (excludes halogenated alkanes) is 3. The molecule has 1 aromatic carbocycles. The summed E-state index contributed by atoms with van der Waals surface area (Å²) in [6.45, 7) is 4.47. The van der Waals surface area contributed by atoms with E-state index in [1.807, 2.05) is 0 Å². The van der Waals surface area contributed by atoms with Crippen molar-refractivity contribution in [2.75, 3.05) is 6.54 Å². The van der Waals surface area contributed by atoms with E-state index in [4.69, 9.17) is 10.5 Å². The van der Waals surface area contributed by atoms with Gasteiger partial charge in [-0.2, -0.15) is 19.7 Å². The molecule has 1 saturated carbocycles. The molecule has 1 N–H and O–H groups in total. The van der Waals surface area contributed by atoms with E-state index in [-0.39, 0.29) is 75.9 Å². The van der Waals surface area contributed by atoms with Gasteiger partial charge in [-0.3, -0.25) is 0 Å². The fourth-order valence-electron chi connectivity index (χ4n) is 2.97. The third kappa shape index (κ3) is 10.9. The van der Waals surface area contributed by atoms with Crippen LogP contribution < -0.4 is 56.1 Å². The Morgan fingerprint density at radius 3 is 2.18 bits per heavy atom. The van der Waals surface area contributed by atoms with Crippen molar-refractivity contribution >= 4 is 0 Å². The molecular formula is C20H29F5KNO. The third-order valence-electron chi connectivity index (χ3n) is 4.64. The van der Waals surface area contributed by atoms with E-state index < -0.39 is 23.8 Å². The van der Waals surface area contributed by atoms with E-state index in [1.54, 1.807) is 6.92 Å². The zero-order valence-electron chi connectivity index (χ0n) is 16.9. The average molecular weight is 434 g/mol. The van der Waals surface area contributed by atoms with Crippen LogP contribution in [0.3, 0.4) is 0 Å². The smallest absolute Gasteiger partial charge is 0.677 e. The van der Waals surface area contributed by atoms with Crippen LogP contribution in [0.2, 0.25) is 0 Å². The number of hydrogen-bond acceptors (Lipinski definition) is 1. The number of rotatable bonds is 7. The molecule has 1 aliphatic rings. The molecule has 0 aliphatic heterocycles.